The molecule has 7 nitrogen and oxygen atoms in total. The summed E-state index contributed by atoms with van der Waals surface area (Å²) < 4.78 is 20.7. The average molecular weight is 327 g/mol. The van der Waals surface area contributed by atoms with Crippen LogP contribution >= 0.6 is 11.6 Å². The molecule has 2 rings (SSSR count). The van der Waals surface area contributed by atoms with Crippen molar-refractivity contribution in [3.8, 4) is 11.5 Å². The molecule has 0 unspecified atom stereocenters. The minimum atomic E-state index is 0.142. The number of fused-ring (bicyclic) bond motifs is 1. The van der Waals surface area contributed by atoms with Crippen LogP contribution in [0.3, 0.4) is 0 Å². The van der Waals surface area contributed by atoms with Gasteiger partial charge in [-0.25, -0.2) is 9.97 Å². The molecule has 0 saturated carbocycles. The summed E-state index contributed by atoms with van der Waals surface area (Å²) in [5, 5.41) is 0.991. The van der Waals surface area contributed by atoms with Gasteiger partial charge in [0.05, 0.1) is 12.1 Å². The second kappa shape index (κ2) is 8.35. The molecule has 0 saturated heterocycles. The Labute approximate surface area is 132 Å². The molecule has 0 bridgehead atoms. The summed E-state index contributed by atoms with van der Waals surface area (Å²) in [4.78, 5) is 18.2. The van der Waals surface area contributed by atoms with Crippen molar-refractivity contribution < 1.29 is 23.7 Å². The van der Waals surface area contributed by atoms with Gasteiger partial charge in [0.15, 0.2) is 11.5 Å². The van der Waals surface area contributed by atoms with E-state index in [-0.39, 0.29) is 13.2 Å². The maximum atomic E-state index is 10.1. The van der Waals surface area contributed by atoms with Crippen LogP contribution in [-0.4, -0.2) is 50.0 Å². The standard InChI is InChI=1S/C14H15ClN2O5/c1-19-2-4-21-12-6-10-11(16-8-17-14(10)15)7-13(12)22-5-3-20-9-18/h6-9H,2-5H2,1H3. The van der Waals surface area contributed by atoms with Crippen LogP contribution in [-0.2, 0) is 14.3 Å². The van der Waals surface area contributed by atoms with Crippen molar-refractivity contribution in [2.24, 2.45) is 0 Å². The number of hydrogen-bond donors (Lipinski definition) is 0. The van der Waals surface area contributed by atoms with Crippen LogP contribution in [0.15, 0.2) is 18.5 Å². The fraction of sp³-hybridized carbons (Fsp3) is 0.357. The Morgan fingerprint density at radius 3 is 2.55 bits per heavy atom. The highest BCUT2D eigenvalue weighted by Crippen LogP contribution is 2.33. The number of methoxy groups -OCH3 is 1. The predicted octanol–water partition coefficient (Wildman–Crippen LogP) is 1.86. The Morgan fingerprint density at radius 1 is 1.09 bits per heavy atom. The number of carbonyl (C=O) groups is 1. The maximum absolute atomic E-state index is 10.1. The fourth-order valence-electron chi connectivity index (χ4n) is 1.74. The highest BCUT2D eigenvalue weighted by atomic mass is 35.5. The summed E-state index contributed by atoms with van der Waals surface area (Å²) in [6.07, 6.45) is 1.37. The second-order valence-corrected chi connectivity index (χ2v) is 4.50. The molecule has 1 heterocycles. The molecule has 2 aromatic rings. The van der Waals surface area contributed by atoms with Crippen LogP contribution in [0, 0.1) is 0 Å². The molecule has 0 radical (unpaired) electrons. The molecule has 0 fully saturated rings. The van der Waals surface area contributed by atoms with Gasteiger partial charge in [-0.2, -0.15) is 0 Å². The van der Waals surface area contributed by atoms with Gasteiger partial charge in [0, 0.05) is 18.6 Å². The van der Waals surface area contributed by atoms with Crippen LogP contribution in [0.1, 0.15) is 0 Å². The van der Waals surface area contributed by atoms with Gasteiger partial charge in [-0.3, -0.25) is 4.79 Å². The number of nitrogens with zero attached hydrogens (tertiary/aromatic N) is 2. The van der Waals surface area contributed by atoms with E-state index in [0.717, 1.165) is 0 Å². The van der Waals surface area contributed by atoms with Crippen molar-refractivity contribution in [1.29, 1.82) is 0 Å². The predicted molar refractivity (Wildman–Crippen MR) is 79.4 cm³/mol. The highest BCUT2D eigenvalue weighted by Gasteiger charge is 2.11. The third-order valence-corrected chi connectivity index (χ3v) is 3.03. The van der Waals surface area contributed by atoms with Gasteiger partial charge in [0.2, 0.25) is 0 Å². The van der Waals surface area contributed by atoms with E-state index in [9.17, 15) is 4.79 Å². The summed E-state index contributed by atoms with van der Waals surface area (Å²) in [5.41, 5.74) is 0.630. The van der Waals surface area contributed by atoms with Crippen molar-refractivity contribution in [3.63, 3.8) is 0 Å². The Kier molecular flexibility index (Phi) is 6.17. The molecule has 1 aromatic carbocycles. The van der Waals surface area contributed by atoms with Gasteiger partial charge >= 0.3 is 0 Å². The quantitative estimate of drug-likeness (QED) is 0.395. The molecule has 8 heteroatoms. The molecular formula is C14H15ClN2O5. The zero-order valence-corrected chi connectivity index (χ0v) is 12.7. The lowest BCUT2D eigenvalue weighted by Gasteiger charge is -2.13. The van der Waals surface area contributed by atoms with E-state index in [1.807, 2.05) is 0 Å². The van der Waals surface area contributed by atoms with Crippen molar-refractivity contribution in [1.82, 2.24) is 9.97 Å². The van der Waals surface area contributed by atoms with Crippen LogP contribution in [0.4, 0.5) is 0 Å². The van der Waals surface area contributed by atoms with Crippen LogP contribution in [0.5, 0.6) is 11.5 Å². The van der Waals surface area contributed by atoms with Crippen LogP contribution in [0.2, 0.25) is 5.15 Å². The Morgan fingerprint density at radius 2 is 1.82 bits per heavy atom. The normalized spacial score (nSPS) is 10.5. The van der Waals surface area contributed by atoms with Gasteiger partial charge in [0.1, 0.15) is 31.3 Å². The third-order valence-electron chi connectivity index (χ3n) is 2.72. The van der Waals surface area contributed by atoms with Crippen LogP contribution in [0.25, 0.3) is 10.9 Å². The lowest BCUT2D eigenvalue weighted by Crippen LogP contribution is -2.09. The Balaban J connectivity index is 2.24. The number of halogens is 1. The van der Waals surface area contributed by atoms with Crippen molar-refractivity contribution >= 4 is 29.0 Å². The smallest absolute Gasteiger partial charge is 0.293 e. The second-order valence-electron chi connectivity index (χ2n) is 4.14. The number of benzene rings is 1. The third kappa shape index (κ3) is 4.19. The minimum Gasteiger partial charge on any atom is -0.487 e. The van der Waals surface area contributed by atoms with Crippen molar-refractivity contribution in [2.45, 2.75) is 0 Å². The summed E-state index contributed by atoms with van der Waals surface area (Å²) in [6, 6.07) is 3.41. The number of aromatic nitrogens is 2. The maximum Gasteiger partial charge on any atom is 0.293 e. The summed E-state index contributed by atoms with van der Waals surface area (Å²) in [6.45, 7) is 1.50. The molecule has 0 N–H and O–H groups in total. The highest BCUT2D eigenvalue weighted by molar-refractivity contribution is 6.34. The first-order chi connectivity index (χ1) is 10.8. The lowest BCUT2D eigenvalue weighted by atomic mass is 10.2. The molecule has 0 spiro atoms. The SMILES string of the molecule is COCCOc1cc2c(Cl)ncnc2cc1OCCOC=O. The van der Waals surface area contributed by atoms with Gasteiger partial charge in [0.25, 0.3) is 6.47 Å². The Bertz CT molecular complexity index is 638. The molecule has 0 aliphatic heterocycles. The molecular weight excluding hydrogens is 312 g/mol. The number of carbonyl (C=O) groups excluding carboxylic acids is 1. The van der Waals surface area contributed by atoms with E-state index in [4.69, 9.17) is 25.8 Å². The van der Waals surface area contributed by atoms with E-state index >= 15 is 0 Å². The zero-order valence-electron chi connectivity index (χ0n) is 12.0. The molecule has 0 amide bonds. The minimum absolute atomic E-state index is 0.142. The van der Waals surface area contributed by atoms with E-state index in [2.05, 4.69) is 14.7 Å². The largest absolute Gasteiger partial charge is 0.487 e. The first kappa shape index (κ1) is 16.3. The van der Waals surface area contributed by atoms with E-state index in [1.165, 1.54) is 6.33 Å². The lowest BCUT2D eigenvalue weighted by molar-refractivity contribution is -0.129. The average Bonchev–Trinajstić information content (AvgIpc) is 2.52. The van der Waals surface area contributed by atoms with E-state index < -0.39 is 0 Å². The number of hydrogen-bond acceptors (Lipinski definition) is 7. The molecule has 0 aliphatic rings. The summed E-state index contributed by atoms with van der Waals surface area (Å²) in [7, 11) is 1.59. The number of ether oxygens (including phenoxy) is 4. The molecule has 0 atom stereocenters. The van der Waals surface area contributed by atoms with Gasteiger partial charge in [-0.1, -0.05) is 11.6 Å². The Hall–Kier alpha value is -2.12. The van der Waals surface area contributed by atoms with Gasteiger partial charge in [-0.15, -0.1) is 0 Å². The van der Waals surface area contributed by atoms with Gasteiger partial charge < -0.3 is 18.9 Å². The van der Waals surface area contributed by atoms with Gasteiger partial charge in [-0.05, 0) is 6.07 Å². The van der Waals surface area contributed by atoms with E-state index in [1.54, 1.807) is 19.2 Å². The molecule has 118 valence electrons. The van der Waals surface area contributed by atoms with Crippen LogP contribution < -0.4 is 9.47 Å². The summed E-state index contributed by atoms with van der Waals surface area (Å²) in [5.74, 6) is 0.972. The summed E-state index contributed by atoms with van der Waals surface area (Å²) >= 11 is 6.06. The first-order valence-corrected chi connectivity index (χ1v) is 6.88. The molecule has 0 aliphatic carbocycles. The fourth-order valence-corrected chi connectivity index (χ4v) is 1.94. The first-order valence-electron chi connectivity index (χ1n) is 6.50. The van der Waals surface area contributed by atoms with Crippen molar-refractivity contribution in [3.05, 3.63) is 23.6 Å². The van der Waals surface area contributed by atoms with Crippen molar-refractivity contribution in [2.75, 3.05) is 33.5 Å². The topological polar surface area (TPSA) is 79.8 Å². The monoisotopic (exact) mass is 326 g/mol. The molecule has 1 aromatic heterocycles. The van der Waals surface area contributed by atoms with E-state index in [0.29, 0.717) is 47.2 Å². The zero-order chi connectivity index (χ0) is 15.8. The number of rotatable bonds is 9. The molecule has 22 heavy (non-hydrogen) atoms.